The third-order valence-electron chi connectivity index (χ3n) is 7.51. The molecule has 2 heterocycles. The molecular formula is C45H40IrN5O12. The van der Waals surface area contributed by atoms with Gasteiger partial charge >= 0.3 is 20.1 Å². The summed E-state index contributed by atoms with van der Waals surface area (Å²) in [6.07, 6.45) is 0. The first-order valence-electron chi connectivity index (χ1n) is 18.3. The predicted molar refractivity (Wildman–Crippen MR) is 220 cm³/mol. The number of carbonyl (C=O) groups is 9. The van der Waals surface area contributed by atoms with E-state index in [-0.39, 0.29) is 20.1 Å². The molecule has 0 fully saturated rings. The molecule has 3 amide bonds. The number of nitrogens with one attached hydrogen (secondary N) is 3. The fourth-order valence-electron chi connectivity index (χ4n) is 4.50. The largest absolute Gasteiger partial charge is 3.00 e. The molecule has 18 heteroatoms. The van der Waals surface area contributed by atoms with Gasteiger partial charge in [0, 0.05) is 42.7 Å². The van der Waals surface area contributed by atoms with E-state index in [1.807, 2.05) is 88.7 Å². The second-order valence-electron chi connectivity index (χ2n) is 12.4. The van der Waals surface area contributed by atoms with Crippen molar-refractivity contribution in [1.82, 2.24) is 25.9 Å². The number of aliphatic carboxylic acids is 3. The molecule has 326 valence electrons. The molecule has 17 nitrogen and oxygen atoms in total. The minimum absolute atomic E-state index is 0. The van der Waals surface area contributed by atoms with Crippen molar-refractivity contribution in [2.45, 2.75) is 20.8 Å². The number of ketones is 3. The van der Waals surface area contributed by atoms with E-state index in [9.17, 15) is 58.5 Å². The number of hydrogen-bond acceptors (Lipinski definition) is 14. The smallest absolute Gasteiger partial charge is 0.542 e. The monoisotopic (exact) mass is 1040 g/mol. The van der Waals surface area contributed by atoms with E-state index in [4.69, 9.17) is 0 Å². The average Bonchev–Trinajstić information content (AvgIpc) is 3.27. The molecule has 0 atom stereocenters. The summed E-state index contributed by atoms with van der Waals surface area (Å²) in [7, 11) is 0. The van der Waals surface area contributed by atoms with Crippen molar-refractivity contribution in [3.05, 3.63) is 133 Å². The van der Waals surface area contributed by atoms with E-state index in [1.165, 1.54) is 31.5 Å². The van der Waals surface area contributed by atoms with Gasteiger partial charge in [-0.15, -0.1) is 0 Å². The number of carboxylic acid groups (broad SMARTS) is 3. The molecule has 4 aromatic carbocycles. The Bertz CT molecular complexity index is 2310. The number of Topliss-reactive ketones (excluding diaryl/α,β-unsaturated/α-hetero) is 3. The van der Waals surface area contributed by atoms with Gasteiger partial charge in [-0.25, -0.2) is 9.97 Å². The van der Waals surface area contributed by atoms with Crippen molar-refractivity contribution in [3.8, 4) is 22.5 Å². The maximum Gasteiger partial charge on any atom is 3.00 e. The number of benzene rings is 4. The first-order valence-corrected chi connectivity index (χ1v) is 18.3. The standard InChI is InChI=1S/2C15H11N.3C5H7NO4.Ir/c2*1-2-6-12(7-3-1)15-11-10-13-8-4-5-9-14(13)16-15;3*1-3(7)6-2-4(8)5(9)10;/h2*1-11H;3*2H2,1H3,(H,6,7)(H,9,10);/q;;;;;+3/p-3. The van der Waals surface area contributed by atoms with Crippen molar-refractivity contribution < 1.29 is 78.6 Å². The van der Waals surface area contributed by atoms with Crippen LogP contribution in [0, 0.1) is 0 Å². The molecule has 6 aromatic rings. The molecule has 2 aromatic heterocycles. The van der Waals surface area contributed by atoms with Gasteiger partial charge in [0.2, 0.25) is 17.7 Å². The van der Waals surface area contributed by atoms with Crippen LogP contribution in [0.15, 0.2) is 133 Å². The van der Waals surface area contributed by atoms with Gasteiger partial charge in [0.05, 0.1) is 42.1 Å². The van der Waals surface area contributed by atoms with Crippen molar-refractivity contribution in [1.29, 1.82) is 0 Å². The fourth-order valence-corrected chi connectivity index (χ4v) is 4.50. The van der Waals surface area contributed by atoms with E-state index < -0.39 is 72.6 Å². The quantitative estimate of drug-likeness (QED) is 0.146. The van der Waals surface area contributed by atoms with Crippen LogP contribution < -0.4 is 31.3 Å². The molecular weight excluding hydrogens is 995 g/mol. The third-order valence-corrected chi connectivity index (χ3v) is 7.51. The maximum atomic E-state index is 10.2. The van der Waals surface area contributed by atoms with E-state index in [1.54, 1.807) is 0 Å². The van der Waals surface area contributed by atoms with E-state index in [0.29, 0.717) is 0 Å². The number of para-hydroxylation sites is 2. The maximum absolute atomic E-state index is 10.2. The molecule has 0 radical (unpaired) electrons. The van der Waals surface area contributed by atoms with Crippen molar-refractivity contribution >= 4 is 74.8 Å². The van der Waals surface area contributed by atoms with Crippen molar-refractivity contribution in [2.24, 2.45) is 0 Å². The Morgan fingerprint density at radius 1 is 0.397 bits per heavy atom. The van der Waals surface area contributed by atoms with Crippen LogP contribution in [0.5, 0.6) is 0 Å². The van der Waals surface area contributed by atoms with Crippen LogP contribution in [-0.4, -0.2) is 82.6 Å². The first kappa shape index (κ1) is 53.2. The molecule has 6 rings (SSSR count). The first-order chi connectivity index (χ1) is 29.5. The number of pyridine rings is 2. The molecule has 3 N–H and O–H groups in total. The van der Waals surface area contributed by atoms with Gasteiger partial charge in [0.1, 0.15) is 17.9 Å². The van der Waals surface area contributed by atoms with Crippen LogP contribution in [0.4, 0.5) is 0 Å². The van der Waals surface area contributed by atoms with E-state index in [2.05, 4.69) is 70.6 Å². The van der Waals surface area contributed by atoms with Crippen LogP contribution in [0.2, 0.25) is 0 Å². The zero-order valence-corrected chi connectivity index (χ0v) is 36.3. The average molecular weight is 1040 g/mol. The zero-order chi connectivity index (χ0) is 46.0. The molecule has 63 heavy (non-hydrogen) atoms. The summed E-state index contributed by atoms with van der Waals surface area (Å²) >= 11 is 0. The number of carbonyl (C=O) groups excluding carboxylic acids is 9. The third kappa shape index (κ3) is 21.3. The Morgan fingerprint density at radius 3 is 0.937 bits per heavy atom. The molecule has 0 aliphatic heterocycles. The summed E-state index contributed by atoms with van der Waals surface area (Å²) in [4.78, 5) is 99.2. The summed E-state index contributed by atoms with van der Waals surface area (Å²) in [5, 5.41) is 37.5. The van der Waals surface area contributed by atoms with E-state index >= 15 is 0 Å². The minimum atomic E-state index is -1.78. The van der Waals surface area contributed by atoms with Crippen LogP contribution in [-0.2, 0) is 63.3 Å². The Morgan fingerprint density at radius 2 is 0.667 bits per heavy atom. The number of nitrogens with zero attached hydrogens (tertiary/aromatic N) is 2. The summed E-state index contributed by atoms with van der Waals surface area (Å²) in [6.45, 7) is 2.04. The van der Waals surface area contributed by atoms with Gasteiger partial charge in [-0.1, -0.05) is 109 Å². The molecule has 0 saturated carbocycles. The molecule has 0 aliphatic rings. The number of hydrogen-bond donors (Lipinski definition) is 3. The number of rotatable bonds is 11. The van der Waals surface area contributed by atoms with Crippen LogP contribution in [0.3, 0.4) is 0 Å². The SMILES string of the molecule is CC(=O)NCC(=O)C(=O)[O-].CC(=O)NCC(=O)C(=O)[O-].CC(=O)NCC(=O)C(=O)[O-].[Ir+3].c1ccc(-c2ccc3ccccc3n2)cc1.c1ccc(-c2ccc3ccccc3n2)cc1. The summed E-state index contributed by atoms with van der Waals surface area (Å²) in [5.74, 6) is -10.1. The Kier molecular flexibility index (Phi) is 24.2. The van der Waals surface area contributed by atoms with Gasteiger partial charge in [0.25, 0.3) is 0 Å². The van der Waals surface area contributed by atoms with Gasteiger partial charge in [0.15, 0.2) is 17.3 Å². The second kappa shape index (κ2) is 28.6. The Balaban J connectivity index is 0.000000402. The summed E-state index contributed by atoms with van der Waals surface area (Å²) in [6, 6.07) is 45.2. The van der Waals surface area contributed by atoms with Crippen LogP contribution in [0.1, 0.15) is 20.8 Å². The fraction of sp³-hybridized carbons (Fsp3) is 0.133. The van der Waals surface area contributed by atoms with Crippen molar-refractivity contribution in [3.63, 3.8) is 0 Å². The Hall–Kier alpha value is -7.82. The van der Waals surface area contributed by atoms with Gasteiger partial charge in [-0.3, -0.25) is 28.8 Å². The Labute approximate surface area is 374 Å². The second-order valence-corrected chi connectivity index (χ2v) is 12.4. The number of fused-ring (bicyclic) bond motifs is 2. The van der Waals surface area contributed by atoms with E-state index in [0.717, 1.165) is 33.5 Å². The molecule has 0 saturated heterocycles. The number of amides is 3. The number of carboxylic acids is 3. The molecule has 0 unspecified atom stereocenters. The summed E-state index contributed by atoms with van der Waals surface area (Å²) in [5.41, 5.74) is 6.47. The van der Waals surface area contributed by atoms with Crippen molar-refractivity contribution in [2.75, 3.05) is 19.6 Å². The molecule has 0 spiro atoms. The molecule has 0 aliphatic carbocycles. The predicted octanol–water partition coefficient (Wildman–Crippen LogP) is 0.126. The van der Waals surface area contributed by atoms with Gasteiger partial charge in [-0.2, -0.15) is 0 Å². The normalized spacial score (nSPS) is 9.38. The minimum Gasteiger partial charge on any atom is -0.542 e. The van der Waals surface area contributed by atoms with Gasteiger partial charge < -0.3 is 45.7 Å². The van der Waals surface area contributed by atoms with Crippen LogP contribution in [0.25, 0.3) is 44.3 Å². The zero-order valence-electron chi connectivity index (χ0n) is 33.9. The topological polar surface area (TPSA) is 285 Å². The molecule has 0 bridgehead atoms. The number of aromatic nitrogens is 2. The van der Waals surface area contributed by atoms with Gasteiger partial charge in [-0.05, 0) is 24.3 Å². The van der Waals surface area contributed by atoms with Crippen LogP contribution >= 0.6 is 0 Å². The summed E-state index contributed by atoms with van der Waals surface area (Å²) < 4.78 is 0.